The number of hydrogen-bond donors (Lipinski definition) is 2. The van der Waals surface area contributed by atoms with Crippen LogP contribution in [0.15, 0.2) is 30.3 Å². The van der Waals surface area contributed by atoms with Crippen molar-refractivity contribution in [2.24, 2.45) is 5.92 Å². The molecule has 0 aromatic heterocycles. The topological polar surface area (TPSA) is 33.5 Å². The zero-order chi connectivity index (χ0) is 13.0. The fourth-order valence-corrected chi connectivity index (χ4v) is 2.52. The molecular formula is C15H23N2O+. The number of para-hydroxylation sites is 1. The Labute approximate surface area is 109 Å². The van der Waals surface area contributed by atoms with Gasteiger partial charge in [-0.3, -0.25) is 4.79 Å². The molecule has 1 saturated heterocycles. The Morgan fingerprint density at radius 3 is 2.50 bits per heavy atom. The fourth-order valence-electron chi connectivity index (χ4n) is 2.52. The van der Waals surface area contributed by atoms with E-state index in [9.17, 15) is 4.79 Å². The number of benzene rings is 1. The van der Waals surface area contributed by atoms with Crippen molar-refractivity contribution in [3.63, 3.8) is 0 Å². The highest BCUT2D eigenvalue weighted by Crippen LogP contribution is 2.08. The van der Waals surface area contributed by atoms with Gasteiger partial charge in [0.25, 0.3) is 5.91 Å². The first-order valence-corrected chi connectivity index (χ1v) is 6.87. The van der Waals surface area contributed by atoms with Crippen molar-refractivity contribution in [3.8, 4) is 0 Å². The predicted octanol–water partition coefficient (Wildman–Crippen LogP) is 1.33. The minimum atomic E-state index is 0.0395. The molecule has 1 aliphatic heterocycles. The van der Waals surface area contributed by atoms with Gasteiger partial charge in [0.2, 0.25) is 0 Å². The Hall–Kier alpha value is -1.35. The summed E-state index contributed by atoms with van der Waals surface area (Å²) in [4.78, 5) is 13.6. The molecule has 2 N–H and O–H groups in total. The maximum Gasteiger partial charge on any atom is 0.282 e. The van der Waals surface area contributed by atoms with Gasteiger partial charge in [-0.05, 0) is 37.8 Å². The summed E-state index contributed by atoms with van der Waals surface area (Å²) in [7, 11) is 0. The minimum absolute atomic E-state index is 0.0395. The van der Waals surface area contributed by atoms with Crippen LogP contribution in [0.2, 0.25) is 0 Å². The molecule has 0 spiro atoms. The van der Waals surface area contributed by atoms with Gasteiger partial charge in [0.1, 0.15) is 0 Å². The number of piperidine rings is 1. The van der Waals surface area contributed by atoms with Gasteiger partial charge in [0.15, 0.2) is 6.04 Å². The third-order valence-corrected chi connectivity index (χ3v) is 3.96. The lowest BCUT2D eigenvalue weighted by Crippen LogP contribution is -3.17. The first kappa shape index (κ1) is 13.1. The predicted molar refractivity (Wildman–Crippen MR) is 73.6 cm³/mol. The molecule has 1 aromatic carbocycles. The Morgan fingerprint density at radius 1 is 1.28 bits per heavy atom. The molecule has 1 heterocycles. The van der Waals surface area contributed by atoms with Crippen LogP contribution in [0, 0.1) is 5.92 Å². The van der Waals surface area contributed by atoms with Gasteiger partial charge >= 0.3 is 0 Å². The number of anilines is 1. The van der Waals surface area contributed by atoms with Crippen LogP contribution in [0.1, 0.15) is 26.7 Å². The average molecular weight is 247 g/mol. The van der Waals surface area contributed by atoms with Gasteiger partial charge < -0.3 is 10.2 Å². The second-order valence-corrected chi connectivity index (χ2v) is 5.42. The number of nitrogens with one attached hydrogen (secondary N) is 2. The standard InChI is InChI=1S/C15H22N2O/c1-12-8-10-17(11-9-12)13(2)15(18)16-14-6-4-3-5-7-14/h3-7,12-13H,8-11H2,1-2H3,(H,16,18)/p+1/t13-/m1/s1. The maximum atomic E-state index is 12.2. The summed E-state index contributed by atoms with van der Waals surface area (Å²) in [5, 5.41) is 2.99. The van der Waals surface area contributed by atoms with E-state index in [-0.39, 0.29) is 11.9 Å². The molecule has 1 atom stereocenters. The third kappa shape index (κ3) is 3.33. The van der Waals surface area contributed by atoms with Gasteiger partial charge in [-0.25, -0.2) is 0 Å². The maximum absolute atomic E-state index is 12.2. The molecule has 1 aliphatic rings. The van der Waals surface area contributed by atoms with Crippen molar-refractivity contribution in [3.05, 3.63) is 30.3 Å². The molecule has 0 saturated carbocycles. The Balaban J connectivity index is 1.89. The minimum Gasteiger partial charge on any atom is -0.325 e. The van der Waals surface area contributed by atoms with E-state index in [4.69, 9.17) is 0 Å². The molecule has 3 nitrogen and oxygen atoms in total. The first-order chi connectivity index (χ1) is 8.66. The van der Waals surface area contributed by atoms with Crippen molar-refractivity contribution >= 4 is 11.6 Å². The van der Waals surface area contributed by atoms with Crippen molar-refractivity contribution in [2.75, 3.05) is 18.4 Å². The molecule has 1 aromatic rings. The van der Waals surface area contributed by atoms with Crippen molar-refractivity contribution in [1.29, 1.82) is 0 Å². The molecule has 0 bridgehead atoms. The van der Waals surface area contributed by atoms with E-state index in [1.165, 1.54) is 17.7 Å². The van der Waals surface area contributed by atoms with Crippen LogP contribution < -0.4 is 10.2 Å². The van der Waals surface area contributed by atoms with Crippen LogP contribution in [0.25, 0.3) is 0 Å². The summed E-state index contributed by atoms with van der Waals surface area (Å²) >= 11 is 0. The number of hydrogen-bond acceptors (Lipinski definition) is 1. The van der Waals surface area contributed by atoms with Crippen molar-refractivity contribution < 1.29 is 9.69 Å². The molecule has 2 rings (SSSR count). The second kappa shape index (κ2) is 6.01. The Morgan fingerprint density at radius 2 is 1.89 bits per heavy atom. The van der Waals surface area contributed by atoms with Gasteiger partial charge in [-0.1, -0.05) is 25.1 Å². The highest BCUT2D eigenvalue weighted by molar-refractivity contribution is 5.93. The van der Waals surface area contributed by atoms with E-state index < -0.39 is 0 Å². The van der Waals surface area contributed by atoms with Crippen LogP contribution in [0.4, 0.5) is 5.69 Å². The normalized spacial score (nSPS) is 25.4. The summed E-state index contributed by atoms with van der Waals surface area (Å²) in [6.07, 6.45) is 2.47. The monoisotopic (exact) mass is 247 g/mol. The summed E-state index contributed by atoms with van der Waals surface area (Å²) in [5.41, 5.74) is 0.888. The zero-order valence-electron chi connectivity index (χ0n) is 11.3. The number of quaternary nitrogens is 1. The van der Waals surface area contributed by atoms with Crippen LogP contribution >= 0.6 is 0 Å². The molecule has 1 amide bonds. The SMILES string of the molecule is CC1CC[NH+]([C@H](C)C(=O)Nc2ccccc2)CC1. The fraction of sp³-hybridized carbons (Fsp3) is 0.533. The first-order valence-electron chi connectivity index (χ1n) is 6.87. The van der Waals surface area contributed by atoms with Gasteiger partial charge in [-0.2, -0.15) is 0 Å². The van der Waals surface area contributed by atoms with Gasteiger partial charge in [-0.15, -0.1) is 0 Å². The molecule has 1 fully saturated rings. The lowest BCUT2D eigenvalue weighted by molar-refractivity contribution is -0.919. The molecule has 18 heavy (non-hydrogen) atoms. The zero-order valence-corrected chi connectivity index (χ0v) is 11.3. The van der Waals surface area contributed by atoms with E-state index >= 15 is 0 Å². The molecule has 0 unspecified atom stereocenters. The quantitative estimate of drug-likeness (QED) is 0.830. The average Bonchev–Trinajstić information content (AvgIpc) is 2.40. The Bertz CT molecular complexity index is 383. The lowest BCUT2D eigenvalue weighted by Gasteiger charge is -2.31. The number of likely N-dealkylation sites (tertiary alicyclic amines) is 1. The number of carbonyl (C=O) groups is 1. The van der Waals surface area contributed by atoms with E-state index in [0.29, 0.717) is 0 Å². The summed E-state index contributed by atoms with van der Waals surface area (Å²) in [6, 6.07) is 9.73. The van der Waals surface area contributed by atoms with Crippen LogP contribution in [0.3, 0.4) is 0 Å². The highest BCUT2D eigenvalue weighted by Gasteiger charge is 2.28. The largest absolute Gasteiger partial charge is 0.325 e. The van der Waals surface area contributed by atoms with Crippen LogP contribution in [0.5, 0.6) is 0 Å². The summed E-state index contributed by atoms with van der Waals surface area (Å²) in [5.74, 6) is 0.948. The molecular weight excluding hydrogens is 224 g/mol. The molecule has 0 radical (unpaired) electrons. The second-order valence-electron chi connectivity index (χ2n) is 5.42. The molecule has 3 heteroatoms. The van der Waals surface area contributed by atoms with Crippen molar-refractivity contribution in [2.45, 2.75) is 32.7 Å². The van der Waals surface area contributed by atoms with E-state index in [2.05, 4.69) is 12.2 Å². The lowest BCUT2D eigenvalue weighted by atomic mass is 9.98. The van der Waals surface area contributed by atoms with Crippen LogP contribution in [-0.4, -0.2) is 25.0 Å². The highest BCUT2D eigenvalue weighted by atomic mass is 16.2. The van der Waals surface area contributed by atoms with Gasteiger partial charge in [0.05, 0.1) is 13.1 Å². The summed E-state index contributed by atoms with van der Waals surface area (Å²) < 4.78 is 0. The number of rotatable bonds is 3. The van der Waals surface area contributed by atoms with Crippen molar-refractivity contribution in [1.82, 2.24) is 0 Å². The van der Waals surface area contributed by atoms with E-state index in [1.807, 2.05) is 37.3 Å². The van der Waals surface area contributed by atoms with E-state index in [0.717, 1.165) is 24.7 Å². The smallest absolute Gasteiger partial charge is 0.282 e. The molecule has 98 valence electrons. The van der Waals surface area contributed by atoms with Gasteiger partial charge in [0, 0.05) is 5.69 Å². The number of carbonyl (C=O) groups excluding carboxylic acids is 1. The number of amides is 1. The molecule has 0 aliphatic carbocycles. The van der Waals surface area contributed by atoms with E-state index in [1.54, 1.807) is 0 Å². The summed E-state index contributed by atoms with van der Waals surface area (Å²) in [6.45, 7) is 6.56. The third-order valence-electron chi connectivity index (χ3n) is 3.96. The van der Waals surface area contributed by atoms with Crippen LogP contribution in [-0.2, 0) is 4.79 Å². The Kier molecular flexibility index (Phi) is 4.37.